The quantitative estimate of drug-likeness (QED) is 0.913. The first kappa shape index (κ1) is 12.9. The number of hydrogen-bond acceptors (Lipinski definition) is 4. The van der Waals surface area contributed by atoms with Crippen molar-refractivity contribution in [1.82, 2.24) is 4.98 Å². The average Bonchev–Trinajstić information content (AvgIpc) is 2.46. The predicted molar refractivity (Wildman–Crippen MR) is 69.7 cm³/mol. The first-order valence-electron chi connectivity index (χ1n) is 5.57. The van der Waals surface area contributed by atoms with Gasteiger partial charge >= 0.3 is 5.97 Å². The second kappa shape index (κ2) is 5.39. The number of nitrogens with zero attached hydrogens (tertiary/aromatic N) is 1. The minimum absolute atomic E-state index is 0.144. The summed E-state index contributed by atoms with van der Waals surface area (Å²) in [5, 5.41) is 8.84. The number of pyridine rings is 1. The fourth-order valence-electron chi connectivity index (χ4n) is 1.69. The standard InChI is InChI=1S/C14H13NO4/c1-18-10-4-6-13(19-2)11(7-10)12-5-3-9(8-15-12)14(16)17/h3-8H,1-2H3,(H,16,17). The van der Waals surface area contributed by atoms with Crippen molar-refractivity contribution in [3.05, 3.63) is 42.1 Å². The smallest absolute Gasteiger partial charge is 0.337 e. The van der Waals surface area contributed by atoms with Gasteiger partial charge in [-0.25, -0.2) is 4.79 Å². The Bertz CT molecular complexity index is 593. The number of carboxylic acid groups (broad SMARTS) is 1. The first-order chi connectivity index (χ1) is 9.15. The summed E-state index contributed by atoms with van der Waals surface area (Å²) in [6.45, 7) is 0. The Morgan fingerprint density at radius 1 is 1.16 bits per heavy atom. The highest BCUT2D eigenvalue weighted by molar-refractivity contribution is 5.87. The van der Waals surface area contributed by atoms with Crippen molar-refractivity contribution in [2.24, 2.45) is 0 Å². The van der Waals surface area contributed by atoms with E-state index in [4.69, 9.17) is 14.6 Å². The molecule has 5 heteroatoms. The number of carbonyl (C=O) groups is 1. The van der Waals surface area contributed by atoms with Gasteiger partial charge in [-0.05, 0) is 30.3 Å². The lowest BCUT2D eigenvalue weighted by atomic mass is 10.1. The van der Waals surface area contributed by atoms with E-state index in [9.17, 15) is 4.79 Å². The lowest BCUT2D eigenvalue weighted by molar-refractivity contribution is 0.0696. The van der Waals surface area contributed by atoms with E-state index in [1.54, 1.807) is 38.5 Å². The fraction of sp³-hybridized carbons (Fsp3) is 0.143. The summed E-state index contributed by atoms with van der Waals surface area (Å²) >= 11 is 0. The molecule has 1 aromatic carbocycles. The molecule has 1 N–H and O–H groups in total. The molecule has 2 rings (SSSR count). The van der Waals surface area contributed by atoms with E-state index < -0.39 is 5.97 Å². The Morgan fingerprint density at radius 3 is 2.47 bits per heavy atom. The SMILES string of the molecule is COc1ccc(OC)c(-c2ccc(C(=O)O)cn2)c1. The van der Waals surface area contributed by atoms with Crippen LogP contribution in [0.1, 0.15) is 10.4 Å². The molecule has 98 valence electrons. The maximum absolute atomic E-state index is 10.8. The van der Waals surface area contributed by atoms with Crippen molar-refractivity contribution in [3.8, 4) is 22.8 Å². The Hall–Kier alpha value is -2.56. The maximum atomic E-state index is 10.8. The topological polar surface area (TPSA) is 68.7 Å². The van der Waals surface area contributed by atoms with Crippen molar-refractivity contribution < 1.29 is 19.4 Å². The molecule has 0 spiro atoms. The van der Waals surface area contributed by atoms with Gasteiger partial charge in [0.2, 0.25) is 0 Å². The lowest BCUT2D eigenvalue weighted by Gasteiger charge is -2.10. The van der Waals surface area contributed by atoms with Crippen LogP contribution in [-0.2, 0) is 0 Å². The Kier molecular flexibility index (Phi) is 3.66. The van der Waals surface area contributed by atoms with Crippen LogP contribution in [0.4, 0.5) is 0 Å². The van der Waals surface area contributed by atoms with Crippen LogP contribution < -0.4 is 9.47 Å². The van der Waals surface area contributed by atoms with E-state index in [-0.39, 0.29) is 5.56 Å². The number of methoxy groups -OCH3 is 2. The molecule has 0 saturated heterocycles. The van der Waals surface area contributed by atoms with Gasteiger partial charge in [-0.1, -0.05) is 0 Å². The van der Waals surface area contributed by atoms with Gasteiger partial charge in [-0.15, -0.1) is 0 Å². The summed E-state index contributed by atoms with van der Waals surface area (Å²) in [5.41, 5.74) is 1.52. The summed E-state index contributed by atoms with van der Waals surface area (Å²) in [4.78, 5) is 14.9. The molecule has 1 aromatic heterocycles. The number of ether oxygens (including phenoxy) is 2. The Morgan fingerprint density at radius 2 is 1.95 bits per heavy atom. The van der Waals surface area contributed by atoms with E-state index >= 15 is 0 Å². The summed E-state index contributed by atoms with van der Waals surface area (Å²) in [6, 6.07) is 8.50. The zero-order chi connectivity index (χ0) is 13.8. The largest absolute Gasteiger partial charge is 0.497 e. The van der Waals surface area contributed by atoms with Crippen LogP contribution in [-0.4, -0.2) is 30.3 Å². The van der Waals surface area contributed by atoms with Crippen LogP contribution in [0.25, 0.3) is 11.3 Å². The molecular weight excluding hydrogens is 246 g/mol. The van der Waals surface area contributed by atoms with Crippen LogP contribution in [0, 0.1) is 0 Å². The van der Waals surface area contributed by atoms with Gasteiger partial charge in [0.1, 0.15) is 11.5 Å². The molecule has 0 aliphatic heterocycles. The average molecular weight is 259 g/mol. The van der Waals surface area contributed by atoms with Crippen LogP contribution >= 0.6 is 0 Å². The molecule has 0 saturated carbocycles. The lowest BCUT2D eigenvalue weighted by Crippen LogP contribution is -1.98. The maximum Gasteiger partial charge on any atom is 0.337 e. The van der Waals surface area contributed by atoms with Gasteiger partial charge in [-0.2, -0.15) is 0 Å². The van der Waals surface area contributed by atoms with E-state index in [0.717, 1.165) is 5.56 Å². The molecule has 0 radical (unpaired) electrons. The fourth-order valence-corrected chi connectivity index (χ4v) is 1.69. The second-order valence-electron chi connectivity index (χ2n) is 3.80. The molecule has 0 aliphatic carbocycles. The normalized spacial score (nSPS) is 10.0. The van der Waals surface area contributed by atoms with E-state index in [1.807, 2.05) is 0 Å². The number of aromatic carboxylic acids is 1. The van der Waals surface area contributed by atoms with Crippen LogP contribution in [0.5, 0.6) is 11.5 Å². The highest BCUT2D eigenvalue weighted by Gasteiger charge is 2.10. The van der Waals surface area contributed by atoms with Gasteiger partial charge < -0.3 is 14.6 Å². The first-order valence-corrected chi connectivity index (χ1v) is 5.57. The number of carboxylic acids is 1. The molecule has 5 nitrogen and oxygen atoms in total. The third-order valence-corrected chi connectivity index (χ3v) is 2.69. The molecule has 1 heterocycles. The summed E-state index contributed by atoms with van der Waals surface area (Å²) in [7, 11) is 3.14. The van der Waals surface area contributed by atoms with Crippen molar-refractivity contribution >= 4 is 5.97 Å². The second-order valence-corrected chi connectivity index (χ2v) is 3.80. The molecule has 0 amide bonds. The minimum Gasteiger partial charge on any atom is -0.497 e. The highest BCUT2D eigenvalue weighted by Crippen LogP contribution is 2.32. The van der Waals surface area contributed by atoms with Crippen LogP contribution in [0.2, 0.25) is 0 Å². The zero-order valence-corrected chi connectivity index (χ0v) is 10.6. The third-order valence-electron chi connectivity index (χ3n) is 2.69. The molecular formula is C14H13NO4. The minimum atomic E-state index is -1.00. The molecule has 0 unspecified atom stereocenters. The van der Waals surface area contributed by atoms with E-state index in [2.05, 4.69) is 4.98 Å². The zero-order valence-electron chi connectivity index (χ0n) is 10.6. The van der Waals surface area contributed by atoms with Gasteiger partial charge in [-0.3, -0.25) is 4.98 Å². The molecule has 0 aliphatic rings. The summed E-state index contributed by atoms with van der Waals surface area (Å²) in [6.07, 6.45) is 1.32. The number of rotatable bonds is 4. The molecule has 0 atom stereocenters. The van der Waals surface area contributed by atoms with E-state index in [1.165, 1.54) is 12.3 Å². The van der Waals surface area contributed by atoms with Gasteiger partial charge in [0.05, 0.1) is 25.5 Å². The number of hydrogen-bond donors (Lipinski definition) is 1. The molecule has 2 aromatic rings. The summed E-state index contributed by atoms with van der Waals surface area (Å²) in [5.74, 6) is 0.327. The third kappa shape index (κ3) is 2.65. The van der Waals surface area contributed by atoms with Crippen molar-refractivity contribution in [2.45, 2.75) is 0 Å². The summed E-state index contributed by atoms with van der Waals surface area (Å²) < 4.78 is 10.4. The van der Waals surface area contributed by atoms with Crippen LogP contribution in [0.15, 0.2) is 36.5 Å². The molecule has 0 bridgehead atoms. The van der Waals surface area contributed by atoms with Crippen molar-refractivity contribution in [2.75, 3.05) is 14.2 Å². The van der Waals surface area contributed by atoms with E-state index in [0.29, 0.717) is 17.2 Å². The van der Waals surface area contributed by atoms with Crippen molar-refractivity contribution in [1.29, 1.82) is 0 Å². The van der Waals surface area contributed by atoms with Crippen LogP contribution in [0.3, 0.4) is 0 Å². The monoisotopic (exact) mass is 259 g/mol. The Balaban J connectivity index is 2.47. The molecule has 0 fully saturated rings. The number of aromatic nitrogens is 1. The predicted octanol–water partition coefficient (Wildman–Crippen LogP) is 2.46. The highest BCUT2D eigenvalue weighted by atomic mass is 16.5. The molecule has 19 heavy (non-hydrogen) atoms. The Labute approximate surface area is 110 Å². The van der Waals surface area contributed by atoms with Gasteiger partial charge in [0, 0.05) is 11.8 Å². The van der Waals surface area contributed by atoms with Gasteiger partial charge in [0.25, 0.3) is 0 Å². The van der Waals surface area contributed by atoms with Crippen molar-refractivity contribution in [3.63, 3.8) is 0 Å². The number of benzene rings is 1. The van der Waals surface area contributed by atoms with Gasteiger partial charge in [0.15, 0.2) is 0 Å².